The zero-order valence-corrected chi connectivity index (χ0v) is 17.5. The monoisotopic (exact) mass is 422 g/mol. The van der Waals surface area contributed by atoms with Crippen molar-refractivity contribution in [1.82, 2.24) is 9.88 Å². The van der Waals surface area contributed by atoms with Crippen LogP contribution in [0.25, 0.3) is 17.0 Å². The van der Waals surface area contributed by atoms with E-state index >= 15 is 0 Å². The van der Waals surface area contributed by atoms with Gasteiger partial charge >= 0.3 is 0 Å². The number of carbonyl (C=O) groups is 1. The Labute approximate surface area is 185 Å². The lowest BCUT2D eigenvalue weighted by atomic mass is 9.92. The first-order valence-electron chi connectivity index (χ1n) is 10.8. The van der Waals surface area contributed by atoms with Gasteiger partial charge in [-0.1, -0.05) is 54.6 Å². The summed E-state index contributed by atoms with van der Waals surface area (Å²) in [5.41, 5.74) is 5.53. The van der Waals surface area contributed by atoms with Gasteiger partial charge in [-0.15, -0.1) is 0 Å². The first-order valence-corrected chi connectivity index (χ1v) is 10.8. The van der Waals surface area contributed by atoms with Gasteiger partial charge in [0.15, 0.2) is 11.5 Å². The van der Waals surface area contributed by atoms with E-state index in [4.69, 9.17) is 9.47 Å². The summed E-state index contributed by atoms with van der Waals surface area (Å²) in [6.45, 7) is 0.902. The molecule has 3 heterocycles. The highest BCUT2D eigenvalue weighted by molar-refractivity contribution is 5.93. The molecule has 4 aromatic rings. The Hall–Kier alpha value is -3.99. The Kier molecular flexibility index (Phi) is 4.46. The summed E-state index contributed by atoms with van der Waals surface area (Å²) in [4.78, 5) is 18.9. The molecule has 1 N–H and O–H groups in total. The van der Waals surface area contributed by atoms with E-state index in [0.717, 1.165) is 34.5 Å². The maximum Gasteiger partial charge on any atom is 0.247 e. The number of fused-ring (bicyclic) bond motifs is 4. The normalized spacial score (nSPS) is 17.1. The molecule has 32 heavy (non-hydrogen) atoms. The predicted molar refractivity (Wildman–Crippen MR) is 124 cm³/mol. The number of rotatable bonds is 3. The van der Waals surface area contributed by atoms with Gasteiger partial charge in [0.25, 0.3) is 0 Å². The topological polar surface area (TPSA) is 54.6 Å². The van der Waals surface area contributed by atoms with Crippen LogP contribution in [0, 0.1) is 0 Å². The van der Waals surface area contributed by atoms with Crippen molar-refractivity contribution < 1.29 is 14.3 Å². The molecule has 0 saturated carbocycles. The highest BCUT2D eigenvalue weighted by Gasteiger charge is 2.33. The number of benzene rings is 3. The Bertz CT molecular complexity index is 1340. The molecule has 5 nitrogen and oxygen atoms in total. The molecule has 2 aliphatic rings. The molecular formula is C27H22N2O3. The molecule has 0 aliphatic carbocycles. The first kappa shape index (κ1) is 18.8. The lowest BCUT2D eigenvalue weighted by molar-refractivity contribution is -0.128. The minimum absolute atomic E-state index is 0.0131. The molecule has 0 radical (unpaired) electrons. The third-order valence-electron chi connectivity index (χ3n) is 6.25. The number of H-pyrrole nitrogens is 1. The largest absolute Gasteiger partial charge is 0.454 e. The second-order valence-corrected chi connectivity index (χ2v) is 8.10. The molecule has 1 aromatic heterocycles. The molecule has 2 aliphatic heterocycles. The molecule has 0 spiro atoms. The summed E-state index contributed by atoms with van der Waals surface area (Å²) in [7, 11) is 0. The number of nitrogens with zero attached hydrogens (tertiary/aromatic N) is 1. The molecule has 0 fully saturated rings. The zero-order chi connectivity index (χ0) is 21.5. The van der Waals surface area contributed by atoms with Crippen LogP contribution in [0.15, 0.2) is 78.9 Å². The van der Waals surface area contributed by atoms with Crippen molar-refractivity contribution >= 4 is 22.9 Å². The van der Waals surface area contributed by atoms with Gasteiger partial charge < -0.3 is 19.4 Å². The third kappa shape index (κ3) is 3.14. The van der Waals surface area contributed by atoms with Gasteiger partial charge in [-0.25, -0.2) is 0 Å². The lowest BCUT2D eigenvalue weighted by Gasteiger charge is -2.35. The quantitative estimate of drug-likeness (QED) is 0.468. The molecule has 0 bridgehead atoms. The second kappa shape index (κ2) is 7.61. The number of ether oxygens (including phenoxy) is 2. The SMILES string of the molecule is O=C(C=Cc1ccc2c(c1)OCO2)N1CCc2c([nH]c3ccccc23)C1c1ccccc1. The van der Waals surface area contributed by atoms with Gasteiger partial charge in [-0.2, -0.15) is 0 Å². The Morgan fingerprint density at radius 3 is 2.69 bits per heavy atom. The molecule has 158 valence electrons. The van der Waals surface area contributed by atoms with E-state index in [2.05, 4.69) is 35.3 Å². The first-order chi connectivity index (χ1) is 15.8. The molecule has 3 aromatic carbocycles. The second-order valence-electron chi connectivity index (χ2n) is 8.10. The van der Waals surface area contributed by atoms with Crippen LogP contribution < -0.4 is 9.47 Å². The summed E-state index contributed by atoms with van der Waals surface area (Å²) >= 11 is 0. The van der Waals surface area contributed by atoms with Gasteiger partial charge in [-0.05, 0) is 47.4 Å². The van der Waals surface area contributed by atoms with Crippen LogP contribution in [0.1, 0.15) is 28.4 Å². The lowest BCUT2D eigenvalue weighted by Crippen LogP contribution is -2.39. The number of nitrogens with one attached hydrogen (secondary N) is 1. The van der Waals surface area contributed by atoms with Crippen molar-refractivity contribution in [2.75, 3.05) is 13.3 Å². The van der Waals surface area contributed by atoms with Crippen molar-refractivity contribution in [1.29, 1.82) is 0 Å². The number of amides is 1. The van der Waals surface area contributed by atoms with Gasteiger partial charge in [-0.3, -0.25) is 4.79 Å². The number of aromatic nitrogens is 1. The predicted octanol–water partition coefficient (Wildman–Crippen LogP) is 5.08. The van der Waals surface area contributed by atoms with E-state index in [1.807, 2.05) is 53.4 Å². The van der Waals surface area contributed by atoms with Gasteiger partial charge in [0.2, 0.25) is 12.7 Å². The van der Waals surface area contributed by atoms with E-state index in [1.54, 1.807) is 6.08 Å². The number of carbonyl (C=O) groups excluding carboxylic acids is 1. The summed E-state index contributed by atoms with van der Waals surface area (Å²) in [5.74, 6) is 1.43. The van der Waals surface area contributed by atoms with E-state index in [9.17, 15) is 4.79 Å². The van der Waals surface area contributed by atoms with Crippen LogP contribution in [0.4, 0.5) is 0 Å². The van der Waals surface area contributed by atoms with Gasteiger partial charge in [0, 0.05) is 29.2 Å². The minimum Gasteiger partial charge on any atom is -0.454 e. The van der Waals surface area contributed by atoms with Crippen LogP contribution in [0.5, 0.6) is 11.5 Å². The number of para-hydroxylation sites is 1. The standard InChI is InChI=1S/C27H22N2O3/c30-25(13-11-18-10-12-23-24(16-18)32-17-31-23)29-15-14-21-20-8-4-5-9-22(20)28-26(21)27(29)19-6-2-1-3-7-19/h1-13,16,27-28H,14-15,17H2. The maximum atomic E-state index is 13.4. The van der Waals surface area contributed by atoms with Crippen LogP contribution in [0.3, 0.4) is 0 Å². The third-order valence-corrected chi connectivity index (χ3v) is 6.25. The maximum absolute atomic E-state index is 13.4. The van der Waals surface area contributed by atoms with Gasteiger partial charge in [0.1, 0.15) is 0 Å². The molecule has 6 rings (SSSR count). The number of hydrogen-bond donors (Lipinski definition) is 1. The Balaban J connectivity index is 1.36. The Morgan fingerprint density at radius 1 is 0.969 bits per heavy atom. The molecular weight excluding hydrogens is 400 g/mol. The van der Waals surface area contributed by atoms with E-state index < -0.39 is 0 Å². The Morgan fingerprint density at radius 2 is 1.78 bits per heavy atom. The van der Waals surface area contributed by atoms with Crippen molar-refractivity contribution in [3.05, 3.63) is 101 Å². The van der Waals surface area contributed by atoms with Crippen LogP contribution >= 0.6 is 0 Å². The van der Waals surface area contributed by atoms with Crippen molar-refractivity contribution in [2.24, 2.45) is 0 Å². The van der Waals surface area contributed by atoms with Crippen molar-refractivity contribution in [3.63, 3.8) is 0 Å². The summed E-state index contributed by atoms with van der Waals surface area (Å²) in [6.07, 6.45) is 4.32. The number of hydrogen-bond acceptors (Lipinski definition) is 3. The smallest absolute Gasteiger partial charge is 0.247 e. The van der Waals surface area contributed by atoms with Crippen molar-refractivity contribution in [3.8, 4) is 11.5 Å². The summed E-state index contributed by atoms with van der Waals surface area (Å²) in [5, 5.41) is 1.24. The molecule has 1 amide bonds. The molecule has 1 atom stereocenters. The fourth-order valence-electron chi connectivity index (χ4n) is 4.74. The highest BCUT2D eigenvalue weighted by atomic mass is 16.7. The summed E-state index contributed by atoms with van der Waals surface area (Å²) in [6, 6.07) is 24.1. The minimum atomic E-state index is -0.152. The number of aromatic amines is 1. The molecule has 1 unspecified atom stereocenters. The van der Waals surface area contributed by atoms with E-state index in [1.165, 1.54) is 10.9 Å². The average Bonchev–Trinajstić information content (AvgIpc) is 3.46. The van der Waals surface area contributed by atoms with Gasteiger partial charge in [0.05, 0.1) is 6.04 Å². The summed E-state index contributed by atoms with van der Waals surface area (Å²) < 4.78 is 10.8. The molecule has 0 saturated heterocycles. The van der Waals surface area contributed by atoms with Crippen LogP contribution in [-0.2, 0) is 11.2 Å². The fourth-order valence-corrected chi connectivity index (χ4v) is 4.74. The van der Waals surface area contributed by atoms with Crippen LogP contribution in [0.2, 0.25) is 0 Å². The van der Waals surface area contributed by atoms with E-state index in [-0.39, 0.29) is 18.7 Å². The van der Waals surface area contributed by atoms with Crippen LogP contribution in [-0.4, -0.2) is 29.1 Å². The highest BCUT2D eigenvalue weighted by Crippen LogP contribution is 2.38. The average molecular weight is 422 g/mol. The fraction of sp³-hybridized carbons (Fsp3) is 0.148. The molecule has 5 heteroatoms. The zero-order valence-electron chi connectivity index (χ0n) is 17.5. The van der Waals surface area contributed by atoms with Crippen molar-refractivity contribution in [2.45, 2.75) is 12.5 Å². The van der Waals surface area contributed by atoms with E-state index in [0.29, 0.717) is 12.3 Å².